The van der Waals surface area contributed by atoms with Crippen LogP contribution in [0.1, 0.15) is 11.4 Å². The van der Waals surface area contributed by atoms with Gasteiger partial charge in [-0.1, -0.05) is 0 Å². The third kappa shape index (κ3) is 3.14. The number of aromatic nitrogens is 4. The molecule has 1 fully saturated rings. The molecule has 22 heavy (non-hydrogen) atoms. The first-order chi connectivity index (χ1) is 10.6. The van der Waals surface area contributed by atoms with E-state index in [-0.39, 0.29) is 6.03 Å². The Bertz CT molecular complexity index is 652. The summed E-state index contributed by atoms with van der Waals surface area (Å²) in [7, 11) is 0. The number of carbonyl (C=O) groups excluding carboxylic acids is 1. The highest BCUT2D eigenvalue weighted by Crippen LogP contribution is 2.14. The van der Waals surface area contributed by atoms with Crippen LogP contribution in [0.3, 0.4) is 0 Å². The van der Waals surface area contributed by atoms with Gasteiger partial charge in [0.25, 0.3) is 0 Å². The Labute approximate surface area is 132 Å². The zero-order chi connectivity index (χ0) is 15.5. The molecule has 0 bridgehead atoms. The number of rotatable bonds is 2. The third-order valence-corrected chi connectivity index (χ3v) is 4.27. The van der Waals surface area contributed by atoms with Crippen molar-refractivity contribution in [3.8, 4) is 0 Å². The summed E-state index contributed by atoms with van der Waals surface area (Å²) >= 11 is 1.41. The van der Waals surface area contributed by atoms with E-state index in [1.807, 2.05) is 24.1 Å². The average molecular weight is 319 g/mol. The first kappa shape index (κ1) is 14.6. The Morgan fingerprint density at radius 1 is 1.18 bits per heavy atom. The molecule has 0 aromatic carbocycles. The number of nitrogens with one attached hydrogen (secondary N) is 1. The summed E-state index contributed by atoms with van der Waals surface area (Å²) in [6.45, 7) is 6.43. The Balaban J connectivity index is 1.57. The fourth-order valence-corrected chi connectivity index (χ4v) is 2.66. The van der Waals surface area contributed by atoms with Crippen molar-refractivity contribution in [1.82, 2.24) is 25.1 Å². The molecule has 0 saturated carbocycles. The second kappa shape index (κ2) is 6.22. The van der Waals surface area contributed by atoms with Crippen molar-refractivity contribution in [3.63, 3.8) is 0 Å². The van der Waals surface area contributed by atoms with Crippen LogP contribution in [0.2, 0.25) is 0 Å². The minimum Gasteiger partial charge on any atom is -0.336 e. The lowest BCUT2D eigenvalue weighted by Crippen LogP contribution is -2.50. The maximum atomic E-state index is 12.1. The Morgan fingerprint density at radius 2 is 1.95 bits per heavy atom. The van der Waals surface area contributed by atoms with Gasteiger partial charge in [0.2, 0.25) is 5.95 Å². The van der Waals surface area contributed by atoms with Gasteiger partial charge in [-0.05, 0) is 13.8 Å². The monoisotopic (exact) mass is 319 g/mol. The average Bonchev–Trinajstić information content (AvgIpc) is 3.03. The molecular formula is C13H17N7OS. The van der Waals surface area contributed by atoms with Crippen LogP contribution in [0.15, 0.2) is 11.6 Å². The van der Waals surface area contributed by atoms with Gasteiger partial charge in [-0.25, -0.2) is 14.8 Å². The molecule has 8 nitrogen and oxygen atoms in total. The SMILES string of the molecule is Cc1nnc(N2CCN(C(=O)Nc3nccs3)CC2)nc1C. The lowest BCUT2D eigenvalue weighted by molar-refractivity contribution is 0.208. The van der Waals surface area contributed by atoms with Gasteiger partial charge in [0.05, 0.1) is 11.4 Å². The summed E-state index contributed by atoms with van der Waals surface area (Å²) in [5, 5.41) is 13.5. The van der Waals surface area contributed by atoms with Crippen LogP contribution in [0.25, 0.3) is 0 Å². The number of nitrogens with zero attached hydrogens (tertiary/aromatic N) is 6. The number of hydrogen-bond donors (Lipinski definition) is 1. The molecule has 3 rings (SSSR count). The number of aryl methyl sites for hydroxylation is 2. The van der Waals surface area contributed by atoms with Crippen LogP contribution in [-0.2, 0) is 0 Å². The number of hydrogen-bond acceptors (Lipinski definition) is 7. The van der Waals surface area contributed by atoms with Crippen LogP contribution < -0.4 is 10.2 Å². The molecule has 2 aromatic rings. The normalized spacial score (nSPS) is 15.0. The van der Waals surface area contributed by atoms with E-state index in [1.54, 1.807) is 11.1 Å². The van der Waals surface area contributed by atoms with E-state index in [4.69, 9.17) is 0 Å². The molecule has 1 aliphatic rings. The maximum Gasteiger partial charge on any atom is 0.323 e. The van der Waals surface area contributed by atoms with Gasteiger partial charge >= 0.3 is 6.03 Å². The van der Waals surface area contributed by atoms with Crippen molar-refractivity contribution < 1.29 is 4.79 Å². The Hall–Kier alpha value is -2.29. The second-order valence-corrected chi connectivity index (χ2v) is 5.92. The molecule has 3 heterocycles. The summed E-state index contributed by atoms with van der Waals surface area (Å²) < 4.78 is 0. The molecule has 2 aromatic heterocycles. The molecule has 9 heteroatoms. The molecular weight excluding hydrogens is 302 g/mol. The molecule has 1 aliphatic heterocycles. The van der Waals surface area contributed by atoms with Crippen molar-refractivity contribution in [3.05, 3.63) is 23.0 Å². The van der Waals surface area contributed by atoms with E-state index in [0.29, 0.717) is 37.3 Å². The van der Waals surface area contributed by atoms with Crippen molar-refractivity contribution in [2.24, 2.45) is 0 Å². The van der Waals surface area contributed by atoms with Gasteiger partial charge in [-0.2, -0.15) is 5.10 Å². The number of thiazole rings is 1. The van der Waals surface area contributed by atoms with Crippen molar-refractivity contribution >= 4 is 28.4 Å². The number of anilines is 2. The minimum atomic E-state index is -0.117. The van der Waals surface area contributed by atoms with Crippen LogP contribution in [-0.4, -0.2) is 57.3 Å². The van der Waals surface area contributed by atoms with E-state index >= 15 is 0 Å². The summed E-state index contributed by atoms with van der Waals surface area (Å²) in [6.07, 6.45) is 1.67. The predicted octanol–water partition coefficient (Wildman–Crippen LogP) is 1.30. The topological polar surface area (TPSA) is 87.1 Å². The fourth-order valence-electron chi connectivity index (χ4n) is 2.14. The molecule has 0 spiro atoms. The quantitative estimate of drug-likeness (QED) is 0.898. The summed E-state index contributed by atoms with van der Waals surface area (Å²) in [4.78, 5) is 24.4. The molecule has 1 N–H and O–H groups in total. The lowest BCUT2D eigenvalue weighted by Gasteiger charge is -2.34. The number of piperazine rings is 1. The van der Waals surface area contributed by atoms with E-state index in [9.17, 15) is 4.79 Å². The smallest absolute Gasteiger partial charge is 0.323 e. The third-order valence-electron chi connectivity index (χ3n) is 3.58. The van der Waals surface area contributed by atoms with E-state index < -0.39 is 0 Å². The van der Waals surface area contributed by atoms with Gasteiger partial charge in [0, 0.05) is 37.8 Å². The first-order valence-electron chi connectivity index (χ1n) is 7.02. The van der Waals surface area contributed by atoms with Crippen molar-refractivity contribution in [2.45, 2.75) is 13.8 Å². The number of urea groups is 1. The molecule has 0 unspecified atom stereocenters. The first-order valence-corrected chi connectivity index (χ1v) is 7.90. The Kier molecular flexibility index (Phi) is 4.14. The zero-order valence-electron chi connectivity index (χ0n) is 12.5. The van der Waals surface area contributed by atoms with Crippen LogP contribution >= 0.6 is 11.3 Å². The van der Waals surface area contributed by atoms with Gasteiger partial charge in [-0.15, -0.1) is 16.4 Å². The summed E-state index contributed by atoms with van der Waals surface area (Å²) in [5.74, 6) is 0.628. The zero-order valence-corrected chi connectivity index (χ0v) is 13.3. The van der Waals surface area contributed by atoms with Crippen LogP contribution in [0, 0.1) is 13.8 Å². The van der Waals surface area contributed by atoms with Gasteiger partial charge in [-0.3, -0.25) is 5.32 Å². The van der Waals surface area contributed by atoms with Crippen LogP contribution in [0.4, 0.5) is 15.9 Å². The van der Waals surface area contributed by atoms with E-state index in [0.717, 1.165) is 11.4 Å². The molecule has 0 radical (unpaired) electrons. The number of amides is 2. The fraction of sp³-hybridized carbons (Fsp3) is 0.462. The highest BCUT2D eigenvalue weighted by molar-refractivity contribution is 7.13. The van der Waals surface area contributed by atoms with E-state index in [1.165, 1.54) is 11.3 Å². The van der Waals surface area contributed by atoms with Crippen molar-refractivity contribution in [2.75, 3.05) is 36.4 Å². The maximum absolute atomic E-state index is 12.1. The molecule has 0 aliphatic carbocycles. The molecule has 1 saturated heterocycles. The largest absolute Gasteiger partial charge is 0.336 e. The highest BCUT2D eigenvalue weighted by Gasteiger charge is 2.23. The Morgan fingerprint density at radius 3 is 2.59 bits per heavy atom. The minimum absolute atomic E-state index is 0.117. The highest BCUT2D eigenvalue weighted by atomic mass is 32.1. The standard InChI is InChI=1S/C13H17N7OS/c1-9-10(2)17-18-11(15-9)19-4-6-20(7-5-19)13(21)16-12-14-3-8-22-12/h3,8H,4-7H2,1-2H3,(H,14,16,21). The van der Waals surface area contributed by atoms with E-state index in [2.05, 4.69) is 25.5 Å². The molecule has 2 amide bonds. The lowest BCUT2D eigenvalue weighted by atomic mass is 10.3. The van der Waals surface area contributed by atoms with Gasteiger partial charge in [0.1, 0.15) is 0 Å². The second-order valence-electron chi connectivity index (χ2n) is 5.02. The van der Waals surface area contributed by atoms with Crippen LogP contribution in [0.5, 0.6) is 0 Å². The van der Waals surface area contributed by atoms with Gasteiger partial charge < -0.3 is 9.80 Å². The number of carbonyl (C=O) groups is 1. The molecule has 116 valence electrons. The summed E-state index contributed by atoms with van der Waals surface area (Å²) in [5.41, 5.74) is 1.72. The predicted molar refractivity (Wildman–Crippen MR) is 84.2 cm³/mol. The van der Waals surface area contributed by atoms with Gasteiger partial charge in [0.15, 0.2) is 5.13 Å². The molecule has 0 atom stereocenters. The van der Waals surface area contributed by atoms with Crippen molar-refractivity contribution in [1.29, 1.82) is 0 Å². The summed E-state index contributed by atoms with van der Waals surface area (Å²) in [6, 6.07) is -0.117.